The number of likely N-dealkylation sites (N-methyl/N-ethyl adjacent to an activating group) is 3. The zero-order valence-corrected chi connectivity index (χ0v) is 15.3. The Bertz CT molecular complexity index is 552. The van der Waals surface area contributed by atoms with Crippen molar-refractivity contribution >= 4 is 35.0 Å². The number of hydrogen-bond acceptors (Lipinski definition) is 2. The largest absolute Gasteiger partial charge is 0.355 e. The zero-order valence-electron chi connectivity index (χ0n) is 13.8. The van der Waals surface area contributed by atoms with Gasteiger partial charge in [-0.05, 0) is 26.0 Å². The molecule has 0 radical (unpaired) electrons. The van der Waals surface area contributed by atoms with E-state index in [2.05, 4.69) is 5.32 Å². The molecule has 0 saturated carbocycles. The molecule has 0 spiro atoms. The van der Waals surface area contributed by atoms with Crippen molar-refractivity contribution in [3.8, 4) is 0 Å². The molecule has 0 saturated heterocycles. The van der Waals surface area contributed by atoms with E-state index in [4.69, 9.17) is 23.2 Å². The number of nitrogens with zero attached hydrogens (tertiary/aromatic N) is 1. The van der Waals surface area contributed by atoms with Crippen LogP contribution in [0.4, 0.5) is 0 Å². The van der Waals surface area contributed by atoms with Crippen LogP contribution in [0.1, 0.15) is 19.4 Å². The second kappa shape index (κ2) is 9.75. The lowest BCUT2D eigenvalue weighted by molar-refractivity contribution is -0.885. The fraction of sp³-hybridized carbons (Fsp3) is 0.500. The van der Waals surface area contributed by atoms with Crippen molar-refractivity contribution in [1.82, 2.24) is 10.2 Å². The molecule has 0 aromatic heterocycles. The monoisotopic (exact) mass is 360 g/mol. The average Bonchev–Trinajstić information content (AvgIpc) is 2.48. The smallest absolute Gasteiger partial charge is 0.278 e. The van der Waals surface area contributed by atoms with Crippen LogP contribution in [0.25, 0.3) is 0 Å². The van der Waals surface area contributed by atoms with Gasteiger partial charge in [-0.3, -0.25) is 9.59 Å². The maximum absolute atomic E-state index is 12.3. The molecule has 0 heterocycles. The molecule has 0 fully saturated rings. The van der Waals surface area contributed by atoms with E-state index in [9.17, 15) is 9.59 Å². The van der Waals surface area contributed by atoms with E-state index in [0.717, 1.165) is 10.5 Å². The van der Waals surface area contributed by atoms with Gasteiger partial charge in [0.1, 0.15) is 6.54 Å². The van der Waals surface area contributed by atoms with Crippen molar-refractivity contribution in [1.29, 1.82) is 0 Å². The van der Waals surface area contributed by atoms with Gasteiger partial charge in [-0.2, -0.15) is 0 Å². The Morgan fingerprint density at radius 2 is 1.91 bits per heavy atom. The van der Waals surface area contributed by atoms with Crippen molar-refractivity contribution in [2.45, 2.75) is 20.4 Å². The van der Waals surface area contributed by atoms with E-state index in [-0.39, 0.29) is 18.4 Å². The Morgan fingerprint density at radius 1 is 1.22 bits per heavy atom. The van der Waals surface area contributed by atoms with E-state index in [1.807, 2.05) is 33.0 Å². The fourth-order valence-electron chi connectivity index (χ4n) is 2.23. The first kappa shape index (κ1) is 19.7. The summed E-state index contributed by atoms with van der Waals surface area (Å²) in [6.45, 7) is 5.86. The Kier molecular flexibility index (Phi) is 8.37. The Balaban J connectivity index is 2.56. The van der Waals surface area contributed by atoms with Crippen molar-refractivity contribution in [2.24, 2.45) is 0 Å². The van der Waals surface area contributed by atoms with Gasteiger partial charge in [0.25, 0.3) is 5.91 Å². The third-order valence-corrected chi connectivity index (χ3v) is 4.12. The first-order valence-corrected chi connectivity index (χ1v) is 8.42. The predicted molar refractivity (Wildman–Crippen MR) is 92.9 cm³/mol. The molecule has 0 aliphatic rings. The van der Waals surface area contributed by atoms with Crippen molar-refractivity contribution in [2.75, 3.05) is 33.2 Å². The molecule has 7 heteroatoms. The number of hydrogen-bond donors (Lipinski definition) is 2. The number of amides is 2. The van der Waals surface area contributed by atoms with Gasteiger partial charge in [-0.25, -0.2) is 0 Å². The van der Waals surface area contributed by atoms with Gasteiger partial charge in [0.15, 0.2) is 6.54 Å². The summed E-state index contributed by atoms with van der Waals surface area (Å²) in [4.78, 5) is 26.5. The van der Waals surface area contributed by atoms with E-state index < -0.39 is 0 Å². The lowest BCUT2D eigenvalue weighted by Gasteiger charge is -2.22. The summed E-state index contributed by atoms with van der Waals surface area (Å²) in [7, 11) is 1.93. The zero-order chi connectivity index (χ0) is 17.4. The molecule has 1 aromatic rings. The van der Waals surface area contributed by atoms with Gasteiger partial charge in [-0.15, -0.1) is 0 Å². The van der Waals surface area contributed by atoms with Gasteiger partial charge in [0.05, 0.1) is 23.6 Å². The Labute approximate surface area is 147 Å². The third-order valence-electron chi connectivity index (χ3n) is 3.39. The van der Waals surface area contributed by atoms with Crippen LogP contribution in [-0.4, -0.2) is 49.9 Å². The minimum atomic E-state index is -0.134. The van der Waals surface area contributed by atoms with Crippen molar-refractivity contribution < 1.29 is 14.5 Å². The van der Waals surface area contributed by atoms with Gasteiger partial charge in [-0.1, -0.05) is 29.3 Å². The molecule has 128 valence electrons. The number of benzene rings is 1. The van der Waals surface area contributed by atoms with Crippen LogP contribution in [0.5, 0.6) is 0 Å². The molecular formula is C16H24Cl2N3O2+. The topological polar surface area (TPSA) is 53.9 Å². The van der Waals surface area contributed by atoms with Crippen LogP contribution in [0.15, 0.2) is 18.2 Å². The minimum absolute atomic E-state index is 0.0451. The van der Waals surface area contributed by atoms with Crippen LogP contribution in [-0.2, 0) is 16.1 Å². The number of nitrogens with one attached hydrogen (secondary N) is 2. The quantitative estimate of drug-likeness (QED) is 0.726. The Morgan fingerprint density at radius 3 is 2.48 bits per heavy atom. The van der Waals surface area contributed by atoms with Crippen LogP contribution < -0.4 is 10.2 Å². The number of quaternary nitrogens is 1. The van der Waals surface area contributed by atoms with Crippen LogP contribution in [0, 0.1) is 0 Å². The summed E-state index contributed by atoms with van der Waals surface area (Å²) < 4.78 is 0. The number of rotatable bonds is 8. The lowest BCUT2D eigenvalue weighted by Crippen LogP contribution is -3.08. The summed E-state index contributed by atoms with van der Waals surface area (Å²) >= 11 is 11.9. The molecule has 1 unspecified atom stereocenters. The maximum atomic E-state index is 12.3. The number of carbonyl (C=O) groups excluding carboxylic acids is 2. The minimum Gasteiger partial charge on any atom is -0.355 e. The lowest BCUT2D eigenvalue weighted by atomic mass is 10.2. The molecule has 0 bridgehead atoms. The molecule has 0 aliphatic carbocycles. The van der Waals surface area contributed by atoms with Gasteiger partial charge in [0, 0.05) is 18.7 Å². The number of halogens is 2. The van der Waals surface area contributed by atoms with Gasteiger partial charge < -0.3 is 15.1 Å². The molecule has 1 aromatic carbocycles. The summed E-state index contributed by atoms with van der Waals surface area (Å²) in [6.07, 6.45) is 0. The molecule has 23 heavy (non-hydrogen) atoms. The third kappa shape index (κ3) is 6.77. The standard InChI is InChI=1S/C16H23Cl2N3O2/c1-4-19-15(22)10-21(5-2)16(23)11-20(3)9-12-6-7-13(17)14(18)8-12/h6-8H,4-5,9-11H2,1-3H3,(H,19,22)/p+1. The molecule has 0 aliphatic heterocycles. The van der Waals surface area contributed by atoms with Crippen molar-refractivity contribution in [3.63, 3.8) is 0 Å². The van der Waals surface area contributed by atoms with Crippen LogP contribution >= 0.6 is 23.2 Å². The first-order valence-electron chi connectivity index (χ1n) is 7.67. The van der Waals surface area contributed by atoms with E-state index >= 15 is 0 Å². The van der Waals surface area contributed by atoms with E-state index in [1.54, 1.807) is 11.0 Å². The molecule has 5 nitrogen and oxygen atoms in total. The highest BCUT2D eigenvalue weighted by Gasteiger charge is 2.19. The van der Waals surface area contributed by atoms with Crippen molar-refractivity contribution in [3.05, 3.63) is 33.8 Å². The number of carbonyl (C=O) groups is 2. The highest BCUT2D eigenvalue weighted by Crippen LogP contribution is 2.22. The van der Waals surface area contributed by atoms with Crippen LogP contribution in [0.2, 0.25) is 10.0 Å². The maximum Gasteiger partial charge on any atom is 0.278 e. The van der Waals surface area contributed by atoms with E-state index in [1.165, 1.54) is 0 Å². The predicted octanol–water partition coefficient (Wildman–Crippen LogP) is 0.993. The highest BCUT2D eigenvalue weighted by molar-refractivity contribution is 6.42. The summed E-state index contributed by atoms with van der Waals surface area (Å²) in [6, 6.07) is 5.46. The van der Waals surface area contributed by atoms with Gasteiger partial charge >= 0.3 is 0 Å². The SMILES string of the molecule is CCNC(=O)CN(CC)C(=O)C[NH+](C)Cc1ccc(Cl)c(Cl)c1. The summed E-state index contributed by atoms with van der Waals surface area (Å²) in [5.41, 5.74) is 1.01. The molecular weight excluding hydrogens is 337 g/mol. The molecule has 1 rings (SSSR count). The van der Waals surface area contributed by atoms with E-state index in [0.29, 0.717) is 36.2 Å². The fourth-order valence-corrected chi connectivity index (χ4v) is 2.55. The average molecular weight is 361 g/mol. The second-order valence-electron chi connectivity index (χ2n) is 5.42. The Hall–Kier alpha value is -1.30. The van der Waals surface area contributed by atoms with Crippen LogP contribution in [0.3, 0.4) is 0 Å². The second-order valence-corrected chi connectivity index (χ2v) is 6.23. The molecule has 2 amide bonds. The van der Waals surface area contributed by atoms with Gasteiger partial charge in [0.2, 0.25) is 5.91 Å². The first-order chi connectivity index (χ1) is 10.9. The summed E-state index contributed by atoms with van der Waals surface area (Å²) in [5, 5.41) is 3.73. The molecule has 2 N–H and O–H groups in total. The summed E-state index contributed by atoms with van der Waals surface area (Å²) in [5.74, 6) is -0.179. The molecule has 1 atom stereocenters. The highest BCUT2D eigenvalue weighted by atomic mass is 35.5. The normalized spacial score (nSPS) is 11.9.